The number of rotatable bonds is 3. The van der Waals surface area contributed by atoms with Gasteiger partial charge in [-0.2, -0.15) is 0 Å². The van der Waals surface area contributed by atoms with Gasteiger partial charge < -0.3 is 4.74 Å². The molecule has 1 unspecified atom stereocenters. The van der Waals surface area contributed by atoms with Crippen molar-refractivity contribution in [2.75, 3.05) is 18.4 Å². The zero-order valence-electron chi connectivity index (χ0n) is 11.1. The summed E-state index contributed by atoms with van der Waals surface area (Å²) in [5.41, 5.74) is 0.409. The van der Waals surface area contributed by atoms with Crippen molar-refractivity contribution in [3.63, 3.8) is 0 Å². The van der Waals surface area contributed by atoms with E-state index in [0.29, 0.717) is 12.1 Å². The average molecular weight is 334 g/mol. The Hall–Kier alpha value is -0.520. The molecule has 0 saturated carbocycles. The van der Waals surface area contributed by atoms with Crippen molar-refractivity contribution < 1.29 is 13.5 Å². The summed E-state index contributed by atoms with van der Waals surface area (Å²) >= 11 is 3.43. The maximum atomic E-state index is 13.2. The maximum absolute atomic E-state index is 13.2. The number of ether oxygens (including phenoxy) is 1. The molecule has 1 saturated heterocycles. The molecule has 1 aliphatic rings. The molecule has 0 radical (unpaired) electrons. The van der Waals surface area contributed by atoms with E-state index in [2.05, 4.69) is 20.8 Å². The van der Waals surface area contributed by atoms with Crippen molar-refractivity contribution in [2.24, 2.45) is 0 Å². The van der Waals surface area contributed by atoms with E-state index in [1.54, 1.807) is 0 Å². The molecule has 0 bridgehead atoms. The molecule has 0 aliphatic carbocycles. The van der Waals surface area contributed by atoms with Crippen molar-refractivity contribution in [1.82, 2.24) is 4.90 Å². The normalized spacial score (nSPS) is 23.5. The van der Waals surface area contributed by atoms with Crippen LogP contribution in [0.1, 0.15) is 19.4 Å². The Labute approximate surface area is 120 Å². The second-order valence-electron chi connectivity index (χ2n) is 5.60. The van der Waals surface area contributed by atoms with Gasteiger partial charge in [0.15, 0.2) is 0 Å². The first kappa shape index (κ1) is 14.9. The molecular weight excluding hydrogens is 316 g/mol. The molecular formula is C14H18BrF2NO. The first-order valence-corrected chi connectivity index (χ1v) is 7.41. The van der Waals surface area contributed by atoms with Gasteiger partial charge in [-0.3, -0.25) is 4.90 Å². The minimum Gasteiger partial charge on any atom is -0.369 e. The number of nitrogens with zero attached hydrogens (tertiary/aromatic N) is 1. The number of alkyl halides is 1. The highest BCUT2D eigenvalue weighted by Gasteiger charge is 2.32. The van der Waals surface area contributed by atoms with E-state index in [1.165, 1.54) is 12.1 Å². The van der Waals surface area contributed by atoms with Crippen LogP contribution in [0.4, 0.5) is 8.78 Å². The second-order valence-corrected chi connectivity index (χ2v) is 6.25. The van der Waals surface area contributed by atoms with E-state index >= 15 is 0 Å². The van der Waals surface area contributed by atoms with Crippen LogP contribution in [0.15, 0.2) is 18.2 Å². The molecule has 0 spiro atoms. The molecule has 106 valence electrons. The first-order chi connectivity index (χ1) is 8.88. The SMILES string of the molecule is CC1(C)CN(Cc2cc(F)cc(F)c2)CC(CBr)O1. The van der Waals surface area contributed by atoms with Crippen LogP contribution < -0.4 is 0 Å². The monoisotopic (exact) mass is 333 g/mol. The van der Waals surface area contributed by atoms with E-state index in [0.717, 1.165) is 24.5 Å². The van der Waals surface area contributed by atoms with Crippen LogP contribution in [0.2, 0.25) is 0 Å². The largest absolute Gasteiger partial charge is 0.369 e. The molecule has 2 rings (SSSR count). The van der Waals surface area contributed by atoms with Gasteiger partial charge in [0.1, 0.15) is 11.6 Å². The van der Waals surface area contributed by atoms with Crippen molar-refractivity contribution in [2.45, 2.75) is 32.1 Å². The van der Waals surface area contributed by atoms with E-state index in [4.69, 9.17) is 4.74 Å². The summed E-state index contributed by atoms with van der Waals surface area (Å²) in [6.45, 7) is 6.09. The molecule has 0 N–H and O–H groups in total. The van der Waals surface area contributed by atoms with Gasteiger partial charge in [0.05, 0.1) is 11.7 Å². The summed E-state index contributed by atoms with van der Waals surface area (Å²) < 4.78 is 32.3. The van der Waals surface area contributed by atoms with E-state index < -0.39 is 11.6 Å². The molecule has 1 aromatic rings. The number of benzene rings is 1. The van der Waals surface area contributed by atoms with Crippen LogP contribution in [0, 0.1) is 11.6 Å². The zero-order valence-corrected chi connectivity index (χ0v) is 12.7. The Balaban J connectivity index is 2.09. The Morgan fingerprint density at radius 3 is 2.53 bits per heavy atom. The molecule has 1 fully saturated rings. The molecule has 1 aromatic carbocycles. The lowest BCUT2D eigenvalue weighted by atomic mass is 10.0. The molecule has 2 nitrogen and oxygen atoms in total. The summed E-state index contributed by atoms with van der Waals surface area (Å²) in [5.74, 6) is -1.06. The molecule has 1 heterocycles. The Kier molecular flexibility index (Phi) is 4.58. The van der Waals surface area contributed by atoms with Gasteiger partial charge in [-0.25, -0.2) is 8.78 Å². The quantitative estimate of drug-likeness (QED) is 0.786. The van der Waals surface area contributed by atoms with Crippen molar-refractivity contribution in [3.05, 3.63) is 35.4 Å². The Bertz CT molecular complexity index is 433. The predicted molar refractivity (Wildman–Crippen MR) is 74.4 cm³/mol. The zero-order chi connectivity index (χ0) is 14.0. The summed E-state index contributed by atoms with van der Waals surface area (Å²) in [4.78, 5) is 2.17. The summed E-state index contributed by atoms with van der Waals surface area (Å²) in [7, 11) is 0. The van der Waals surface area contributed by atoms with Crippen LogP contribution in [0.5, 0.6) is 0 Å². The minimum absolute atomic E-state index is 0.0992. The van der Waals surface area contributed by atoms with Crippen LogP contribution in [0.3, 0.4) is 0 Å². The van der Waals surface area contributed by atoms with Crippen molar-refractivity contribution in [1.29, 1.82) is 0 Å². The number of hydrogen-bond donors (Lipinski definition) is 0. The highest BCUT2D eigenvalue weighted by molar-refractivity contribution is 9.09. The molecule has 1 atom stereocenters. The van der Waals surface area contributed by atoms with Gasteiger partial charge >= 0.3 is 0 Å². The lowest BCUT2D eigenvalue weighted by Gasteiger charge is -2.42. The topological polar surface area (TPSA) is 12.5 Å². The summed E-state index contributed by atoms with van der Waals surface area (Å²) in [5, 5.41) is 0.754. The van der Waals surface area contributed by atoms with E-state index in [9.17, 15) is 8.78 Å². The number of hydrogen-bond acceptors (Lipinski definition) is 2. The molecule has 0 amide bonds. The van der Waals surface area contributed by atoms with Gasteiger partial charge in [-0.1, -0.05) is 15.9 Å². The first-order valence-electron chi connectivity index (χ1n) is 6.29. The van der Waals surface area contributed by atoms with Gasteiger partial charge in [-0.15, -0.1) is 0 Å². The second kappa shape index (κ2) is 5.85. The third-order valence-corrected chi connectivity index (χ3v) is 3.77. The van der Waals surface area contributed by atoms with Gasteiger partial charge in [-0.05, 0) is 31.5 Å². The van der Waals surface area contributed by atoms with E-state index in [1.807, 2.05) is 13.8 Å². The lowest BCUT2D eigenvalue weighted by molar-refractivity contribution is -0.128. The highest BCUT2D eigenvalue weighted by atomic mass is 79.9. The smallest absolute Gasteiger partial charge is 0.126 e. The fourth-order valence-electron chi connectivity index (χ4n) is 2.58. The fraction of sp³-hybridized carbons (Fsp3) is 0.571. The number of halogens is 3. The Morgan fingerprint density at radius 1 is 1.32 bits per heavy atom. The van der Waals surface area contributed by atoms with Crippen LogP contribution >= 0.6 is 15.9 Å². The minimum atomic E-state index is -0.528. The molecule has 19 heavy (non-hydrogen) atoms. The van der Waals surface area contributed by atoms with Gasteiger partial charge in [0.2, 0.25) is 0 Å². The Morgan fingerprint density at radius 2 is 1.95 bits per heavy atom. The van der Waals surface area contributed by atoms with Gasteiger partial charge in [0, 0.05) is 31.0 Å². The third-order valence-electron chi connectivity index (χ3n) is 3.05. The van der Waals surface area contributed by atoms with Crippen molar-refractivity contribution >= 4 is 15.9 Å². The standard InChI is InChI=1S/C14H18BrF2NO/c1-14(2)9-18(8-13(6-15)19-14)7-10-3-11(16)5-12(17)4-10/h3-5,13H,6-9H2,1-2H3. The molecule has 0 aromatic heterocycles. The third kappa shape index (κ3) is 4.23. The van der Waals surface area contributed by atoms with Crippen LogP contribution in [-0.2, 0) is 11.3 Å². The van der Waals surface area contributed by atoms with Crippen LogP contribution in [-0.4, -0.2) is 35.0 Å². The summed E-state index contributed by atoms with van der Waals surface area (Å²) in [6.07, 6.45) is 0.0992. The van der Waals surface area contributed by atoms with Gasteiger partial charge in [0.25, 0.3) is 0 Å². The fourth-order valence-corrected chi connectivity index (χ4v) is 2.91. The van der Waals surface area contributed by atoms with Crippen LogP contribution in [0.25, 0.3) is 0 Å². The van der Waals surface area contributed by atoms with E-state index in [-0.39, 0.29) is 11.7 Å². The maximum Gasteiger partial charge on any atom is 0.126 e. The lowest BCUT2D eigenvalue weighted by Crippen LogP contribution is -2.52. The van der Waals surface area contributed by atoms with Crippen molar-refractivity contribution in [3.8, 4) is 0 Å². The molecule has 5 heteroatoms. The molecule has 1 aliphatic heterocycles. The highest BCUT2D eigenvalue weighted by Crippen LogP contribution is 2.23. The average Bonchev–Trinajstić information content (AvgIpc) is 2.25. The summed E-state index contributed by atoms with van der Waals surface area (Å²) in [6, 6.07) is 3.66. The predicted octanol–water partition coefficient (Wildman–Crippen LogP) is 3.34. The number of morpholine rings is 1.